The SMILES string of the molecule is COc1ccc(CC(NC(=O)Oc2ccc(-c3ccccc3)cc2)C(=O)N2CCC3C2C(=O)CN3S(=O)(=O)C(=O)c2ccccn2)cc1. The number of hydrogen-bond acceptors (Lipinski definition) is 9. The second-order valence-electron chi connectivity index (χ2n) is 11.4. The summed E-state index contributed by atoms with van der Waals surface area (Å²) in [6, 6.07) is 24.6. The van der Waals surface area contributed by atoms with Gasteiger partial charge in [0.15, 0.2) is 5.78 Å². The van der Waals surface area contributed by atoms with Crippen LogP contribution in [0.4, 0.5) is 4.79 Å². The van der Waals surface area contributed by atoms with Crippen LogP contribution in [-0.4, -0.2) is 83.8 Å². The number of hydrogen-bond donors (Lipinski definition) is 1. The Kier molecular flexibility index (Phi) is 9.33. The number of likely N-dealkylation sites (tertiary alicyclic amines) is 1. The standard InChI is InChI=1S/C35H32N4O8S/c1-46-26-14-10-23(11-15-26)21-29(37-35(43)47-27-16-12-25(13-17-27)24-7-3-2-4-8-24)33(41)38-20-18-30-32(38)31(40)22-39(30)48(44,45)34(42)28-9-5-6-19-36-28/h2-17,19,29-30,32H,18,20-22H2,1H3,(H,37,43). The molecule has 2 amide bonds. The third-order valence-electron chi connectivity index (χ3n) is 8.44. The normalized spacial score (nSPS) is 18.2. The van der Waals surface area contributed by atoms with Crippen molar-refractivity contribution in [3.63, 3.8) is 0 Å². The van der Waals surface area contributed by atoms with Gasteiger partial charge in [-0.25, -0.2) is 13.2 Å². The molecule has 0 spiro atoms. The van der Waals surface area contributed by atoms with E-state index >= 15 is 0 Å². The van der Waals surface area contributed by atoms with Gasteiger partial charge in [0.2, 0.25) is 5.91 Å². The highest BCUT2D eigenvalue weighted by Crippen LogP contribution is 2.33. The van der Waals surface area contributed by atoms with E-state index in [-0.39, 0.29) is 30.8 Å². The number of methoxy groups -OCH3 is 1. The van der Waals surface area contributed by atoms with E-state index in [1.165, 1.54) is 30.3 Å². The van der Waals surface area contributed by atoms with E-state index in [0.29, 0.717) is 11.3 Å². The van der Waals surface area contributed by atoms with Crippen LogP contribution >= 0.6 is 0 Å². The summed E-state index contributed by atoms with van der Waals surface area (Å²) in [5, 5.41) is 1.43. The molecule has 0 bridgehead atoms. The zero-order valence-corrected chi connectivity index (χ0v) is 26.7. The fourth-order valence-corrected chi connectivity index (χ4v) is 7.56. The molecule has 0 radical (unpaired) electrons. The average molecular weight is 669 g/mol. The Labute approximate surface area is 277 Å². The minimum Gasteiger partial charge on any atom is -0.497 e. The fourth-order valence-electron chi connectivity index (χ4n) is 6.09. The molecule has 2 fully saturated rings. The topological polar surface area (TPSA) is 152 Å². The molecule has 2 aliphatic heterocycles. The Morgan fingerprint density at radius 3 is 2.23 bits per heavy atom. The van der Waals surface area contributed by atoms with Crippen LogP contribution in [0, 0.1) is 0 Å². The first kappa shape index (κ1) is 32.5. The van der Waals surface area contributed by atoms with Gasteiger partial charge in [-0.15, -0.1) is 0 Å². The monoisotopic (exact) mass is 668 g/mol. The van der Waals surface area contributed by atoms with Crippen molar-refractivity contribution in [2.24, 2.45) is 0 Å². The second-order valence-corrected chi connectivity index (χ2v) is 13.2. The number of amides is 2. The number of rotatable bonds is 9. The van der Waals surface area contributed by atoms with Crippen LogP contribution in [0.15, 0.2) is 103 Å². The van der Waals surface area contributed by atoms with Crippen LogP contribution in [0.2, 0.25) is 0 Å². The van der Waals surface area contributed by atoms with Crippen LogP contribution in [0.1, 0.15) is 22.5 Å². The summed E-state index contributed by atoms with van der Waals surface area (Å²) in [5.41, 5.74) is 2.35. The van der Waals surface area contributed by atoms with Crippen molar-refractivity contribution in [1.82, 2.24) is 19.5 Å². The predicted molar refractivity (Wildman–Crippen MR) is 175 cm³/mol. The van der Waals surface area contributed by atoms with Gasteiger partial charge in [0, 0.05) is 19.2 Å². The summed E-state index contributed by atoms with van der Waals surface area (Å²) in [4.78, 5) is 58.6. The number of nitrogens with one attached hydrogen (secondary N) is 1. The van der Waals surface area contributed by atoms with Crippen LogP contribution in [-0.2, 0) is 26.0 Å². The third kappa shape index (κ3) is 6.68. The van der Waals surface area contributed by atoms with Crippen molar-refractivity contribution in [3.05, 3.63) is 115 Å². The molecule has 6 rings (SSSR count). The first-order valence-corrected chi connectivity index (χ1v) is 16.7. The molecular formula is C35H32N4O8S. The van der Waals surface area contributed by atoms with E-state index in [9.17, 15) is 27.6 Å². The molecule has 13 heteroatoms. The first-order valence-electron chi connectivity index (χ1n) is 15.2. The summed E-state index contributed by atoms with van der Waals surface area (Å²) in [6.45, 7) is -0.516. The van der Waals surface area contributed by atoms with E-state index < -0.39 is 57.6 Å². The number of carbonyl (C=O) groups is 4. The minimum atomic E-state index is -4.61. The van der Waals surface area contributed by atoms with Crippen molar-refractivity contribution in [2.45, 2.75) is 31.0 Å². The van der Waals surface area contributed by atoms with Crippen LogP contribution < -0.4 is 14.8 Å². The number of sulfonamides is 1. The first-order chi connectivity index (χ1) is 23.2. The van der Waals surface area contributed by atoms with Crippen molar-refractivity contribution in [1.29, 1.82) is 0 Å². The minimum absolute atomic E-state index is 0.0422. The molecule has 3 aromatic carbocycles. The molecule has 1 aromatic heterocycles. The van der Waals surface area contributed by atoms with Crippen LogP contribution in [0.25, 0.3) is 11.1 Å². The summed E-state index contributed by atoms with van der Waals surface area (Å²) >= 11 is 0. The fraction of sp³-hybridized carbons (Fsp3) is 0.229. The second kappa shape index (κ2) is 13.8. The Hall–Kier alpha value is -5.40. The Bertz CT molecular complexity index is 1920. The average Bonchev–Trinajstić information content (AvgIpc) is 3.70. The van der Waals surface area contributed by atoms with E-state index in [2.05, 4.69) is 10.3 Å². The molecule has 48 heavy (non-hydrogen) atoms. The van der Waals surface area contributed by atoms with Gasteiger partial charge in [0.05, 0.1) is 19.7 Å². The molecule has 0 aliphatic carbocycles. The lowest BCUT2D eigenvalue weighted by Gasteiger charge is -2.28. The number of pyridine rings is 1. The summed E-state index contributed by atoms with van der Waals surface area (Å²) in [5.74, 6) is -0.243. The van der Waals surface area contributed by atoms with Gasteiger partial charge in [-0.3, -0.25) is 19.4 Å². The Balaban J connectivity index is 1.20. The van der Waals surface area contributed by atoms with Gasteiger partial charge in [-0.2, -0.15) is 4.31 Å². The van der Waals surface area contributed by atoms with Crippen molar-refractivity contribution in [2.75, 3.05) is 20.2 Å². The summed E-state index contributed by atoms with van der Waals surface area (Å²) in [7, 11) is -3.08. The number of Topliss-reactive ketones (excluding diaryl/α,β-unsaturated/α-hetero) is 1. The van der Waals surface area contributed by atoms with Crippen LogP contribution in [0.3, 0.4) is 0 Å². The van der Waals surface area contributed by atoms with Crippen molar-refractivity contribution >= 4 is 32.9 Å². The maximum absolute atomic E-state index is 14.1. The zero-order chi connectivity index (χ0) is 33.8. The highest BCUT2D eigenvalue weighted by atomic mass is 32.2. The molecular weight excluding hydrogens is 636 g/mol. The molecule has 4 aromatic rings. The number of carbonyl (C=O) groups excluding carboxylic acids is 4. The molecule has 3 heterocycles. The molecule has 1 N–H and O–H groups in total. The molecule has 2 aliphatic rings. The molecule has 0 saturated carbocycles. The van der Waals surface area contributed by atoms with E-state index in [1.54, 1.807) is 42.5 Å². The van der Waals surface area contributed by atoms with Crippen molar-refractivity contribution in [3.8, 4) is 22.6 Å². The lowest BCUT2D eigenvalue weighted by Crippen LogP contribution is -2.53. The Morgan fingerprint density at radius 2 is 1.56 bits per heavy atom. The van der Waals surface area contributed by atoms with Gasteiger partial charge in [0.1, 0.15) is 29.3 Å². The number of aromatic nitrogens is 1. The maximum atomic E-state index is 14.1. The lowest BCUT2D eigenvalue weighted by molar-refractivity contribution is -0.138. The quantitative estimate of drug-likeness (QED) is 0.283. The molecule has 3 atom stereocenters. The number of fused-ring (bicyclic) bond motifs is 1. The van der Waals surface area contributed by atoms with Gasteiger partial charge in [-0.1, -0.05) is 60.7 Å². The van der Waals surface area contributed by atoms with E-state index in [0.717, 1.165) is 15.4 Å². The van der Waals surface area contributed by atoms with E-state index in [4.69, 9.17) is 9.47 Å². The molecule has 12 nitrogen and oxygen atoms in total. The predicted octanol–water partition coefficient (Wildman–Crippen LogP) is 3.48. The molecule has 2 saturated heterocycles. The van der Waals surface area contributed by atoms with Gasteiger partial charge >= 0.3 is 11.2 Å². The molecule has 3 unspecified atom stereocenters. The summed E-state index contributed by atoms with van der Waals surface area (Å²) in [6.07, 6.45) is 0.600. The van der Waals surface area contributed by atoms with Gasteiger partial charge in [0.25, 0.3) is 10.0 Å². The largest absolute Gasteiger partial charge is 0.497 e. The summed E-state index contributed by atoms with van der Waals surface area (Å²) < 4.78 is 38.3. The van der Waals surface area contributed by atoms with Crippen LogP contribution in [0.5, 0.6) is 11.5 Å². The smallest absolute Gasteiger partial charge is 0.413 e. The highest BCUT2D eigenvalue weighted by Gasteiger charge is 2.55. The van der Waals surface area contributed by atoms with E-state index in [1.807, 2.05) is 42.5 Å². The number of nitrogens with zero attached hydrogens (tertiary/aromatic N) is 3. The number of ketones is 1. The Morgan fingerprint density at radius 1 is 0.896 bits per heavy atom. The number of ether oxygens (including phenoxy) is 2. The van der Waals surface area contributed by atoms with Gasteiger partial charge < -0.3 is 19.7 Å². The van der Waals surface area contributed by atoms with Gasteiger partial charge in [-0.05, 0) is 59.5 Å². The lowest BCUT2D eigenvalue weighted by atomic mass is 10.0. The highest BCUT2D eigenvalue weighted by molar-refractivity contribution is 8.04. The molecule has 246 valence electrons. The number of benzene rings is 3. The maximum Gasteiger partial charge on any atom is 0.413 e. The van der Waals surface area contributed by atoms with Crippen molar-refractivity contribution < 1.29 is 37.1 Å². The third-order valence-corrected chi connectivity index (χ3v) is 10.1. The zero-order valence-electron chi connectivity index (χ0n) is 25.9.